The Morgan fingerprint density at radius 1 is 0.904 bits per heavy atom. The summed E-state index contributed by atoms with van der Waals surface area (Å²) in [6.07, 6.45) is 2.50. The first-order valence-corrected chi connectivity index (χ1v) is 18.6. The minimum Gasteiger partial charge on any atom is -0.460 e. The lowest BCUT2D eigenvalue weighted by Crippen LogP contribution is -2.68. The molecule has 276 valence electrons. The number of ether oxygens (including phenoxy) is 4. The van der Waals surface area contributed by atoms with Gasteiger partial charge in [-0.05, 0) is 35.6 Å². The second-order valence-electron chi connectivity index (χ2n) is 12.1. The fraction of sp³-hybridized carbons (Fsp3) is 0.394. The van der Waals surface area contributed by atoms with Gasteiger partial charge in [-0.3, -0.25) is 19.3 Å². The van der Waals surface area contributed by atoms with Crippen molar-refractivity contribution >= 4 is 37.4 Å². The van der Waals surface area contributed by atoms with Crippen LogP contribution in [0.2, 0.25) is 0 Å². The third kappa shape index (κ3) is 7.20. The number of phosphoric acid groups is 1. The quantitative estimate of drug-likeness (QED) is 0.145. The van der Waals surface area contributed by atoms with E-state index in [4.69, 9.17) is 33.3 Å². The Labute approximate surface area is 300 Å². The van der Waals surface area contributed by atoms with Gasteiger partial charge in [0.1, 0.15) is 19.4 Å². The van der Waals surface area contributed by atoms with Gasteiger partial charge in [-0.1, -0.05) is 42.5 Å². The fourth-order valence-electron chi connectivity index (χ4n) is 6.33. The molecule has 1 aliphatic carbocycles. The second-order valence-corrected chi connectivity index (χ2v) is 14.8. The van der Waals surface area contributed by atoms with Crippen LogP contribution in [0.15, 0.2) is 70.5 Å². The molecular weight excluding hydrogens is 725 g/mol. The number of fused-ring (bicyclic) bond motifs is 4. The number of thioether (sulfide) groups is 1. The number of rotatable bonds is 13. The Hall–Kier alpha value is -4.26. The molecule has 2 N–H and O–H groups in total. The van der Waals surface area contributed by atoms with Crippen molar-refractivity contribution in [1.29, 1.82) is 0 Å². The summed E-state index contributed by atoms with van der Waals surface area (Å²) in [5.41, 5.74) is 1.84. The molecule has 2 aromatic carbocycles. The van der Waals surface area contributed by atoms with E-state index in [1.807, 2.05) is 35.3 Å². The van der Waals surface area contributed by atoms with Crippen LogP contribution < -0.4 is 15.2 Å². The van der Waals surface area contributed by atoms with Gasteiger partial charge in [0.05, 0.1) is 24.8 Å². The number of aliphatic hydroxyl groups excluding tert-OH is 2. The number of nitrogens with zero attached hydrogens (tertiary/aromatic N) is 3. The number of carbonyl (C=O) groups is 3. The molecule has 2 fully saturated rings. The van der Waals surface area contributed by atoms with E-state index in [-0.39, 0.29) is 18.8 Å². The summed E-state index contributed by atoms with van der Waals surface area (Å²) in [5, 5.41) is 19.8. The molecular formula is C33H34N3O14PS. The Morgan fingerprint density at radius 2 is 1.56 bits per heavy atom. The SMILES string of the molecule is O=C(CO)OCOP(=O)(OCOC(=O)CO)OCOc1c2n(ccc1=O)N([C@H]1c3ccccc3CSc3ccccc31)[C@@H]1COC3(CC3)CN1C2=O. The molecule has 3 aromatic rings. The molecule has 1 amide bonds. The van der Waals surface area contributed by atoms with Gasteiger partial charge in [0.2, 0.25) is 31.6 Å². The third-order valence-electron chi connectivity index (χ3n) is 8.96. The maximum Gasteiger partial charge on any atom is 0.483 e. The maximum absolute atomic E-state index is 14.5. The lowest BCUT2D eigenvalue weighted by atomic mass is 9.93. The zero-order valence-corrected chi connectivity index (χ0v) is 29.2. The van der Waals surface area contributed by atoms with E-state index in [9.17, 15) is 23.7 Å². The lowest BCUT2D eigenvalue weighted by Gasteiger charge is -2.53. The average molecular weight is 760 g/mol. The summed E-state index contributed by atoms with van der Waals surface area (Å²) in [5.74, 6) is -2.42. The first-order valence-electron chi connectivity index (χ1n) is 16.1. The topological polar surface area (TPSA) is 202 Å². The summed E-state index contributed by atoms with van der Waals surface area (Å²) in [6, 6.07) is 16.9. The molecule has 19 heteroatoms. The minimum absolute atomic E-state index is 0.109. The largest absolute Gasteiger partial charge is 0.483 e. The van der Waals surface area contributed by atoms with E-state index in [0.717, 1.165) is 40.2 Å². The van der Waals surface area contributed by atoms with Crippen molar-refractivity contribution in [3.8, 4) is 5.75 Å². The molecule has 1 saturated carbocycles. The maximum atomic E-state index is 14.5. The Kier molecular flexibility index (Phi) is 10.4. The van der Waals surface area contributed by atoms with Gasteiger partial charge in [0.15, 0.2) is 5.69 Å². The van der Waals surface area contributed by atoms with Crippen LogP contribution in [0.5, 0.6) is 5.75 Å². The molecule has 7 rings (SSSR count). The van der Waals surface area contributed by atoms with Crippen molar-refractivity contribution in [3.63, 3.8) is 0 Å². The molecule has 0 bridgehead atoms. The van der Waals surface area contributed by atoms with Gasteiger partial charge in [-0.25, -0.2) is 27.7 Å². The summed E-state index contributed by atoms with van der Waals surface area (Å²) in [6.45, 7) is -4.50. The van der Waals surface area contributed by atoms with E-state index < -0.39 is 88.2 Å². The van der Waals surface area contributed by atoms with Crippen LogP contribution in [-0.4, -0.2) is 96.1 Å². The van der Waals surface area contributed by atoms with Gasteiger partial charge >= 0.3 is 19.8 Å². The van der Waals surface area contributed by atoms with Crippen LogP contribution in [0.1, 0.15) is 46.1 Å². The number of morpholine rings is 1. The molecule has 4 heterocycles. The van der Waals surface area contributed by atoms with Crippen LogP contribution in [-0.2, 0) is 47.7 Å². The normalized spacial score (nSPS) is 19.8. The van der Waals surface area contributed by atoms with Crippen molar-refractivity contribution in [1.82, 2.24) is 9.58 Å². The molecule has 1 spiro atoms. The average Bonchev–Trinajstić information content (AvgIpc) is 3.93. The molecule has 0 radical (unpaired) electrons. The zero-order valence-electron chi connectivity index (χ0n) is 27.5. The Balaban J connectivity index is 1.25. The monoisotopic (exact) mass is 759 g/mol. The van der Waals surface area contributed by atoms with Gasteiger partial charge < -0.3 is 34.1 Å². The molecule has 1 saturated heterocycles. The number of phosphoric ester groups is 1. The minimum atomic E-state index is -4.77. The highest BCUT2D eigenvalue weighted by atomic mass is 32.2. The lowest BCUT2D eigenvalue weighted by molar-refractivity contribution is -0.157. The van der Waals surface area contributed by atoms with E-state index in [1.165, 1.54) is 12.3 Å². The Bertz CT molecular complexity index is 1900. The number of benzene rings is 2. The number of esters is 2. The summed E-state index contributed by atoms with van der Waals surface area (Å²) < 4.78 is 51.3. The summed E-state index contributed by atoms with van der Waals surface area (Å²) >= 11 is 1.71. The summed E-state index contributed by atoms with van der Waals surface area (Å²) in [7, 11) is -4.77. The Morgan fingerprint density at radius 3 is 2.25 bits per heavy atom. The number of pyridine rings is 1. The highest BCUT2D eigenvalue weighted by Gasteiger charge is 2.56. The van der Waals surface area contributed by atoms with E-state index in [0.29, 0.717) is 0 Å². The first kappa shape index (κ1) is 36.1. The van der Waals surface area contributed by atoms with Crippen molar-refractivity contribution in [2.75, 3.05) is 51.8 Å². The molecule has 52 heavy (non-hydrogen) atoms. The van der Waals surface area contributed by atoms with Gasteiger partial charge in [-0.2, -0.15) is 0 Å². The van der Waals surface area contributed by atoms with E-state index >= 15 is 0 Å². The molecule has 4 aliphatic rings. The highest BCUT2D eigenvalue weighted by molar-refractivity contribution is 7.98. The smallest absolute Gasteiger partial charge is 0.460 e. The predicted octanol–water partition coefficient (Wildman–Crippen LogP) is 2.01. The molecule has 2 atom stereocenters. The number of hydrogen-bond donors (Lipinski definition) is 2. The van der Waals surface area contributed by atoms with Crippen LogP contribution in [0.25, 0.3) is 0 Å². The van der Waals surface area contributed by atoms with E-state index in [1.54, 1.807) is 21.3 Å². The molecule has 1 aromatic heterocycles. The van der Waals surface area contributed by atoms with Crippen LogP contribution in [0.3, 0.4) is 0 Å². The number of hydrogen-bond acceptors (Lipinski definition) is 16. The first-order chi connectivity index (χ1) is 25.2. The standard InChI is InChI=1S/C33H34N3O14PS/c37-13-27(40)44-18-48-51(43,49-19-45-28(41)14-38)50-20-46-31-24(39)9-12-35-30(31)32(42)34-17-33(10-11-33)47-15-26(34)36(35)29-22-6-2-1-5-21(22)16-52-25-8-4-3-7-23(25)29/h1-9,12,26,29,37-38H,10-11,13-20H2/t26-,29+/m1/s1. The second kappa shape index (κ2) is 15.0. The molecule has 3 aliphatic heterocycles. The van der Waals surface area contributed by atoms with Crippen molar-refractivity contribution in [2.45, 2.75) is 41.3 Å². The predicted molar refractivity (Wildman–Crippen MR) is 178 cm³/mol. The molecule has 17 nitrogen and oxygen atoms in total. The van der Waals surface area contributed by atoms with Gasteiger partial charge in [0.25, 0.3) is 5.91 Å². The number of aromatic nitrogens is 1. The van der Waals surface area contributed by atoms with Gasteiger partial charge in [0, 0.05) is 22.9 Å². The van der Waals surface area contributed by atoms with E-state index in [2.05, 4.69) is 27.7 Å². The van der Waals surface area contributed by atoms with Crippen molar-refractivity contribution < 1.29 is 61.7 Å². The zero-order chi connectivity index (χ0) is 36.5. The highest BCUT2D eigenvalue weighted by Crippen LogP contribution is 2.50. The van der Waals surface area contributed by atoms with Crippen molar-refractivity contribution in [3.05, 3.63) is 93.4 Å². The van der Waals surface area contributed by atoms with Crippen LogP contribution >= 0.6 is 19.6 Å². The van der Waals surface area contributed by atoms with Gasteiger partial charge in [-0.15, -0.1) is 11.8 Å². The fourth-order valence-corrected chi connectivity index (χ4v) is 8.19. The number of carbonyl (C=O) groups excluding carboxylic acids is 3. The molecule has 0 unspecified atom stereocenters. The van der Waals surface area contributed by atoms with Crippen LogP contribution in [0, 0.1) is 0 Å². The number of amides is 1. The third-order valence-corrected chi connectivity index (χ3v) is 11.4. The number of aliphatic hydroxyl groups is 2. The van der Waals surface area contributed by atoms with Crippen molar-refractivity contribution in [2.24, 2.45) is 0 Å². The van der Waals surface area contributed by atoms with Crippen LogP contribution in [0.4, 0.5) is 0 Å². The summed E-state index contributed by atoms with van der Waals surface area (Å²) in [4.78, 5) is 53.4.